The predicted octanol–water partition coefficient (Wildman–Crippen LogP) is 3.48. The Morgan fingerprint density at radius 1 is 1.00 bits per heavy atom. The van der Waals surface area contributed by atoms with Gasteiger partial charge in [0.15, 0.2) is 0 Å². The van der Waals surface area contributed by atoms with E-state index in [9.17, 15) is 26.4 Å². The van der Waals surface area contributed by atoms with E-state index in [4.69, 9.17) is 0 Å². The van der Waals surface area contributed by atoms with Gasteiger partial charge in [0, 0.05) is 44.5 Å². The highest BCUT2D eigenvalue weighted by Gasteiger charge is 2.36. The van der Waals surface area contributed by atoms with Crippen LogP contribution >= 0.6 is 0 Å². The van der Waals surface area contributed by atoms with Crippen molar-refractivity contribution in [1.29, 1.82) is 0 Å². The number of sulfonamides is 1. The summed E-state index contributed by atoms with van der Waals surface area (Å²) in [6.45, 7) is 2.25. The third-order valence-corrected chi connectivity index (χ3v) is 8.48. The molecular formula is C23H25F3N4O3S. The largest absolute Gasteiger partial charge is 0.417 e. The summed E-state index contributed by atoms with van der Waals surface area (Å²) in [4.78, 5) is 20.8. The number of amides is 1. The fraction of sp³-hybridized carbons (Fsp3) is 0.478. The predicted molar refractivity (Wildman–Crippen MR) is 122 cm³/mol. The summed E-state index contributed by atoms with van der Waals surface area (Å²) in [5.74, 6) is 0.674. The smallest absolute Gasteiger partial charge is 0.353 e. The second kappa shape index (κ2) is 8.44. The lowest BCUT2D eigenvalue weighted by molar-refractivity contribution is -0.137. The Hall–Kier alpha value is -2.82. The van der Waals surface area contributed by atoms with Crippen LogP contribution in [-0.4, -0.2) is 62.7 Å². The number of halogens is 3. The minimum atomic E-state index is -4.42. The van der Waals surface area contributed by atoms with E-state index < -0.39 is 21.8 Å². The van der Waals surface area contributed by atoms with Gasteiger partial charge in [0.2, 0.25) is 10.0 Å². The number of hydrogen-bond donors (Lipinski definition) is 0. The van der Waals surface area contributed by atoms with Gasteiger partial charge in [-0.2, -0.15) is 13.2 Å². The average Bonchev–Trinajstić information content (AvgIpc) is 3.60. The second-order valence-electron chi connectivity index (χ2n) is 8.98. The van der Waals surface area contributed by atoms with Gasteiger partial charge in [-0.05, 0) is 61.1 Å². The number of hydrogen-bond acceptors (Lipinski definition) is 5. The molecular weight excluding hydrogens is 469 g/mol. The summed E-state index contributed by atoms with van der Waals surface area (Å²) in [5.41, 5.74) is 0.944. The molecule has 182 valence electrons. The third kappa shape index (κ3) is 4.45. The zero-order valence-corrected chi connectivity index (χ0v) is 19.3. The van der Waals surface area contributed by atoms with Crippen LogP contribution in [-0.2, 0) is 16.2 Å². The van der Waals surface area contributed by atoms with Crippen LogP contribution < -0.4 is 9.21 Å². The summed E-state index contributed by atoms with van der Waals surface area (Å²) in [6.07, 6.45) is -1.22. The maximum atomic E-state index is 13.1. The summed E-state index contributed by atoms with van der Waals surface area (Å²) >= 11 is 0. The quantitative estimate of drug-likeness (QED) is 0.651. The van der Waals surface area contributed by atoms with Gasteiger partial charge in [0.1, 0.15) is 5.82 Å². The topological polar surface area (TPSA) is 73.8 Å². The first-order chi connectivity index (χ1) is 16.1. The van der Waals surface area contributed by atoms with E-state index >= 15 is 0 Å². The molecule has 11 heteroatoms. The molecule has 5 rings (SSSR count). The van der Waals surface area contributed by atoms with Gasteiger partial charge in [-0.1, -0.05) is 0 Å². The molecule has 2 aromatic rings. The van der Waals surface area contributed by atoms with Crippen LogP contribution in [0.4, 0.5) is 24.7 Å². The lowest BCUT2D eigenvalue weighted by atomic mass is 10.1. The van der Waals surface area contributed by atoms with Gasteiger partial charge in [-0.15, -0.1) is 0 Å². The molecule has 0 atom stereocenters. The van der Waals surface area contributed by atoms with Crippen molar-refractivity contribution in [2.75, 3.05) is 47.7 Å². The molecule has 2 saturated heterocycles. The number of rotatable bonds is 4. The van der Waals surface area contributed by atoms with E-state index in [-0.39, 0.29) is 17.6 Å². The SMILES string of the molecule is O=C(c1ccc(N2CCCS2(=O)=O)cc1)N1CCN(c2ncc(C(F)(F)F)cc2C2CC2)CC1. The first-order valence-corrected chi connectivity index (χ1v) is 13.0. The van der Waals surface area contributed by atoms with Crippen LogP contribution in [0.1, 0.15) is 46.7 Å². The van der Waals surface area contributed by atoms with Crippen LogP contribution in [0.5, 0.6) is 0 Å². The molecule has 2 aliphatic heterocycles. The van der Waals surface area contributed by atoms with Gasteiger partial charge in [-0.3, -0.25) is 9.10 Å². The van der Waals surface area contributed by atoms with Gasteiger partial charge in [0.25, 0.3) is 5.91 Å². The van der Waals surface area contributed by atoms with E-state index in [1.165, 1.54) is 10.4 Å². The highest BCUT2D eigenvalue weighted by molar-refractivity contribution is 7.93. The van der Waals surface area contributed by atoms with Crippen molar-refractivity contribution in [3.05, 3.63) is 53.2 Å². The Kier molecular flexibility index (Phi) is 5.70. The Bertz CT molecular complexity index is 1190. The van der Waals surface area contributed by atoms with Crippen LogP contribution in [0.15, 0.2) is 36.5 Å². The zero-order chi connectivity index (χ0) is 24.1. The van der Waals surface area contributed by atoms with E-state index in [1.807, 2.05) is 4.90 Å². The van der Waals surface area contributed by atoms with Crippen LogP contribution in [0.25, 0.3) is 0 Å². The zero-order valence-electron chi connectivity index (χ0n) is 18.5. The molecule has 3 aliphatic rings. The molecule has 34 heavy (non-hydrogen) atoms. The molecule has 0 spiro atoms. The highest BCUT2D eigenvalue weighted by atomic mass is 32.2. The summed E-state index contributed by atoms with van der Waals surface area (Å²) < 4.78 is 65.0. The Labute approximate surface area is 196 Å². The number of benzene rings is 1. The van der Waals surface area contributed by atoms with E-state index in [1.54, 1.807) is 29.2 Å². The van der Waals surface area contributed by atoms with Crippen LogP contribution in [0, 0.1) is 0 Å². The van der Waals surface area contributed by atoms with Crippen molar-refractivity contribution < 1.29 is 26.4 Å². The number of nitrogens with zero attached hydrogens (tertiary/aromatic N) is 4. The maximum absolute atomic E-state index is 13.1. The monoisotopic (exact) mass is 494 g/mol. The molecule has 0 bridgehead atoms. The highest BCUT2D eigenvalue weighted by Crippen LogP contribution is 2.45. The minimum absolute atomic E-state index is 0.113. The molecule has 0 N–H and O–H groups in total. The lowest BCUT2D eigenvalue weighted by Crippen LogP contribution is -2.49. The number of carbonyl (C=O) groups excluding carboxylic acids is 1. The molecule has 3 heterocycles. The number of aromatic nitrogens is 1. The van der Waals surface area contributed by atoms with Crippen LogP contribution in [0.3, 0.4) is 0 Å². The van der Waals surface area contributed by atoms with Crippen molar-refractivity contribution in [1.82, 2.24) is 9.88 Å². The van der Waals surface area contributed by atoms with Gasteiger partial charge in [0.05, 0.1) is 17.0 Å². The third-order valence-electron chi connectivity index (χ3n) is 6.61. The molecule has 0 unspecified atom stereocenters. The number of piperazine rings is 1. The number of alkyl halides is 3. The molecule has 7 nitrogen and oxygen atoms in total. The number of pyridine rings is 1. The van der Waals surface area contributed by atoms with Crippen molar-refractivity contribution in [2.24, 2.45) is 0 Å². The van der Waals surface area contributed by atoms with Crippen molar-refractivity contribution in [3.63, 3.8) is 0 Å². The first kappa shape index (κ1) is 22.9. The maximum Gasteiger partial charge on any atom is 0.417 e. The summed E-state index contributed by atoms with van der Waals surface area (Å²) in [6, 6.07) is 7.81. The molecule has 3 fully saturated rings. The summed E-state index contributed by atoms with van der Waals surface area (Å²) in [5, 5.41) is 0. The Balaban J connectivity index is 1.25. The lowest BCUT2D eigenvalue weighted by Gasteiger charge is -2.36. The van der Waals surface area contributed by atoms with E-state index in [0.29, 0.717) is 61.8 Å². The molecule has 1 aliphatic carbocycles. The minimum Gasteiger partial charge on any atom is -0.353 e. The first-order valence-electron chi connectivity index (χ1n) is 11.4. The van der Waals surface area contributed by atoms with Gasteiger partial charge < -0.3 is 9.80 Å². The van der Waals surface area contributed by atoms with E-state index in [2.05, 4.69) is 4.98 Å². The van der Waals surface area contributed by atoms with Gasteiger partial charge >= 0.3 is 6.18 Å². The van der Waals surface area contributed by atoms with Gasteiger partial charge in [-0.25, -0.2) is 13.4 Å². The number of carbonyl (C=O) groups is 1. The van der Waals surface area contributed by atoms with Crippen molar-refractivity contribution >= 4 is 27.4 Å². The Morgan fingerprint density at radius 3 is 2.24 bits per heavy atom. The molecule has 1 aromatic heterocycles. The molecule has 1 amide bonds. The summed E-state index contributed by atoms with van der Waals surface area (Å²) in [7, 11) is -3.28. The fourth-order valence-corrected chi connectivity index (χ4v) is 6.16. The van der Waals surface area contributed by atoms with E-state index in [0.717, 1.165) is 19.0 Å². The molecule has 1 aromatic carbocycles. The Morgan fingerprint density at radius 2 is 1.68 bits per heavy atom. The van der Waals surface area contributed by atoms with Crippen molar-refractivity contribution in [2.45, 2.75) is 31.4 Å². The second-order valence-corrected chi connectivity index (χ2v) is 11.0. The normalized spacial score (nSPS) is 20.6. The molecule has 1 saturated carbocycles. The van der Waals surface area contributed by atoms with Crippen LogP contribution in [0.2, 0.25) is 0 Å². The number of anilines is 2. The average molecular weight is 495 g/mol. The standard InChI is InChI=1S/C23H25F3N4O3S/c24-23(25,26)18-14-20(16-2-3-16)21(27-15-18)28-9-11-29(12-10-28)22(31)17-4-6-19(7-5-17)30-8-1-13-34(30,32)33/h4-7,14-16H,1-3,8-13H2. The van der Waals surface area contributed by atoms with Crippen molar-refractivity contribution in [3.8, 4) is 0 Å². The fourth-order valence-electron chi connectivity index (χ4n) is 4.59. The molecule has 0 radical (unpaired) electrons.